The van der Waals surface area contributed by atoms with Gasteiger partial charge >= 0.3 is 0 Å². The van der Waals surface area contributed by atoms with Crippen LogP contribution in [0.2, 0.25) is 0 Å². The third kappa shape index (κ3) is 6.45. The molecule has 0 spiro atoms. The van der Waals surface area contributed by atoms with E-state index in [-0.39, 0.29) is 36.8 Å². The molecule has 1 amide bonds. The van der Waals surface area contributed by atoms with Gasteiger partial charge in [0.25, 0.3) is 0 Å². The fourth-order valence-electron chi connectivity index (χ4n) is 2.09. The average Bonchev–Trinajstić information content (AvgIpc) is 2.90. The lowest BCUT2D eigenvalue weighted by Crippen LogP contribution is -2.41. The predicted molar refractivity (Wildman–Crippen MR) is 94.4 cm³/mol. The molecule has 1 aliphatic heterocycles. The van der Waals surface area contributed by atoms with Gasteiger partial charge in [0.15, 0.2) is 0 Å². The largest absolute Gasteiger partial charge is 0.351 e. The van der Waals surface area contributed by atoms with Crippen molar-refractivity contribution < 1.29 is 4.79 Å². The van der Waals surface area contributed by atoms with Crippen LogP contribution in [0.5, 0.6) is 0 Å². The van der Waals surface area contributed by atoms with Gasteiger partial charge in [0.1, 0.15) is 0 Å². The molecule has 1 aromatic rings. The molecule has 2 N–H and O–H groups in total. The van der Waals surface area contributed by atoms with Gasteiger partial charge in [-0.25, -0.2) is 0 Å². The Morgan fingerprint density at radius 3 is 2.57 bits per heavy atom. The van der Waals surface area contributed by atoms with E-state index in [1.807, 2.05) is 12.1 Å². The Morgan fingerprint density at radius 1 is 1.33 bits per heavy atom. The first-order valence-corrected chi connectivity index (χ1v) is 7.62. The third-order valence-corrected chi connectivity index (χ3v) is 4.03. The van der Waals surface area contributed by atoms with Crippen molar-refractivity contribution in [3.05, 3.63) is 35.4 Å². The molecule has 1 aromatic carbocycles. The second-order valence-corrected chi connectivity index (χ2v) is 6.03. The molecule has 1 heterocycles. The SMILES string of the molecule is CN(C)Cc1ccccc1CNC(=O)C1CSCN1.Cl.Cl. The Balaban J connectivity index is 0.00000200. The van der Waals surface area contributed by atoms with Crippen LogP contribution in [-0.2, 0) is 17.9 Å². The summed E-state index contributed by atoms with van der Waals surface area (Å²) >= 11 is 1.77. The van der Waals surface area contributed by atoms with E-state index in [1.54, 1.807) is 11.8 Å². The maximum absolute atomic E-state index is 12.0. The molecule has 2 rings (SSSR count). The van der Waals surface area contributed by atoms with E-state index >= 15 is 0 Å². The van der Waals surface area contributed by atoms with Gasteiger partial charge in [-0.2, -0.15) is 0 Å². The normalized spacial score (nSPS) is 17.0. The van der Waals surface area contributed by atoms with Crippen molar-refractivity contribution in [3.8, 4) is 0 Å². The van der Waals surface area contributed by atoms with Crippen LogP contribution in [0.15, 0.2) is 24.3 Å². The number of carbonyl (C=O) groups is 1. The molecule has 1 unspecified atom stereocenters. The van der Waals surface area contributed by atoms with Crippen LogP contribution in [0.4, 0.5) is 0 Å². The van der Waals surface area contributed by atoms with Crippen molar-refractivity contribution in [2.45, 2.75) is 19.1 Å². The molecule has 0 aromatic heterocycles. The van der Waals surface area contributed by atoms with Crippen molar-refractivity contribution in [2.75, 3.05) is 25.7 Å². The summed E-state index contributed by atoms with van der Waals surface area (Å²) in [5.74, 6) is 1.84. The topological polar surface area (TPSA) is 44.4 Å². The number of hydrogen-bond donors (Lipinski definition) is 2. The highest BCUT2D eigenvalue weighted by Gasteiger charge is 2.22. The summed E-state index contributed by atoms with van der Waals surface area (Å²) < 4.78 is 0. The molecular formula is C14H23Cl2N3OS. The Kier molecular flexibility index (Phi) is 10.1. The standard InChI is InChI=1S/C14H21N3OS.2ClH/c1-17(2)8-12-6-4-3-5-11(12)7-15-14(18)13-9-19-10-16-13;;/h3-6,13,16H,7-10H2,1-2H3,(H,15,18);2*1H. The maximum Gasteiger partial charge on any atom is 0.238 e. The molecule has 0 saturated carbocycles. The summed E-state index contributed by atoms with van der Waals surface area (Å²) in [5, 5.41) is 6.20. The molecule has 0 radical (unpaired) electrons. The highest BCUT2D eigenvalue weighted by atomic mass is 35.5. The van der Waals surface area contributed by atoms with Gasteiger partial charge in [0, 0.05) is 24.7 Å². The lowest BCUT2D eigenvalue weighted by atomic mass is 10.1. The number of benzene rings is 1. The van der Waals surface area contributed by atoms with Crippen molar-refractivity contribution in [2.24, 2.45) is 0 Å². The summed E-state index contributed by atoms with van der Waals surface area (Å²) in [6, 6.07) is 8.22. The first-order chi connectivity index (χ1) is 9.16. The molecule has 0 aliphatic carbocycles. The van der Waals surface area contributed by atoms with Crippen LogP contribution in [0.3, 0.4) is 0 Å². The number of carbonyl (C=O) groups excluding carboxylic acids is 1. The minimum absolute atomic E-state index is 0. The summed E-state index contributed by atoms with van der Waals surface area (Å²) in [5.41, 5.74) is 2.46. The van der Waals surface area contributed by atoms with Crippen molar-refractivity contribution in [1.82, 2.24) is 15.5 Å². The minimum atomic E-state index is -0.0361. The Morgan fingerprint density at radius 2 is 2.00 bits per heavy atom. The number of rotatable bonds is 5. The van der Waals surface area contributed by atoms with Gasteiger partial charge in [0.05, 0.1) is 6.04 Å². The molecule has 1 saturated heterocycles. The van der Waals surface area contributed by atoms with Gasteiger partial charge < -0.3 is 10.2 Å². The average molecular weight is 352 g/mol. The van der Waals surface area contributed by atoms with Crippen molar-refractivity contribution in [1.29, 1.82) is 0 Å². The first kappa shape index (κ1) is 20.5. The van der Waals surface area contributed by atoms with E-state index in [4.69, 9.17) is 0 Å². The summed E-state index contributed by atoms with van der Waals surface area (Å²) in [6.45, 7) is 1.50. The molecule has 1 atom stereocenters. The van der Waals surface area contributed by atoms with Gasteiger partial charge in [-0.15, -0.1) is 36.6 Å². The van der Waals surface area contributed by atoms with E-state index in [9.17, 15) is 4.79 Å². The van der Waals surface area contributed by atoms with E-state index < -0.39 is 0 Å². The maximum atomic E-state index is 12.0. The van der Waals surface area contributed by atoms with Crippen molar-refractivity contribution in [3.63, 3.8) is 0 Å². The fourth-order valence-corrected chi connectivity index (χ4v) is 3.04. The number of nitrogens with zero attached hydrogens (tertiary/aromatic N) is 1. The molecule has 120 valence electrons. The minimum Gasteiger partial charge on any atom is -0.351 e. The summed E-state index contributed by atoms with van der Waals surface area (Å²) in [6.07, 6.45) is 0. The number of nitrogens with one attached hydrogen (secondary N) is 2. The van der Waals surface area contributed by atoms with E-state index in [0.29, 0.717) is 6.54 Å². The first-order valence-electron chi connectivity index (χ1n) is 6.47. The van der Waals surface area contributed by atoms with Crippen LogP contribution in [0, 0.1) is 0 Å². The number of hydrogen-bond acceptors (Lipinski definition) is 4. The fraction of sp³-hybridized carbons (Fsp3) is 0.500. The van der Waals surface area contributed by atoms with Crippen LogP contribution >= 0.6 is 36.6 Å². The Hall–Kier alpha value is -0.460. The molecule has 0 bridgehead atoms. The highest BCUT2D eigenvalue weighted by molar-refractivity contribution is 7.99. The zero-order valence-electron chi connectivity index (χ0n) is 12.3. The number of thioether (sulfide) groups is 1. The number of amides is 1. The highest BCUT2D eigenvalue weighted by Crippen LogP contribution is 2.12. The van der Waals surface area contributed by atoms with Crippen molar-refractivity contribution >= 4 is 42.5 Å². The van der Waals surface area contributed by atoms with Crippen LogP contribution in [0.25, 0.3) is 0 Å². The van der Waals surface area contributed by atoms with Gasteiger partial charge in [-0.05, 0) is 25.2 Å². The van der Waals surface area contributed by atoms with Gasteiger partial charge in [-0.1, -0.05) is 24.3 Å². The molecule has 7 heteroatoms. The van der Waals surface area contributed by atoms with Crippen LogP contribution in [0.1, 0.15) is 11.1 Å². The second-order valence-electron chi connectivity index (χ2n) is 5.00. The van der Waals surface area contributed by atoms with E-state index in [0.717, 1.165) is 18.2 Å². The number of halogens is 2. The predicted octanol–water partition coefficient (Wildman–Crippen LogP) is 1.87. The monoisotopic (exact) mass is 351 g/mol. The van der Waals surface area contributed by atoms with Crippen LogP contribution in [-0.4, -0.2) is 42.6 Å². The molecule has 1 aliphatic rings. The lowest BCUT2D eigenvalue weighted by Gasteiger charge is -2.15. The Labute approximate surface area is 143 Å². The summed E-state index contributed by atoms with van der Waals surface area (Å²) in [4.78, 5) is 14.1. The zero-order valence-corrected chi connectivity index (χ0v) is 14.7. The van der Waals surface area contributed by atoms with Gasteiger partial charge in [0.2, 0.25) is 5.91 Å². The third-order valence-electron chi connectivity index (χ3n) is 3.09. The van der Waals surface area contributed by atoms with E-state index in [1.165, 1.54) is 11.1 Å². The van der Waals surface area contributed by atoms with Gasteiger partial charge in [-0.3, -0.25) is 10.1 Å². The van der Waals surface area contributed by atoms with Crippen LogP contribution < -0.4 is 10.6 Å². The molecule has 4 nitrogen and oxygen atoms in total. The Bertz CT molecular complexity index is 440. The quantitative estimate of drug-likeness (QED) is 0.849. The van der Waals surface area contributed by atoms with E-state index in [2.05, 4.69) is 41.8 Å². The molecular weight excluding hydrogens is 329 g/mol. The lowest BCUT2D eigenvalue weighted by molar-refractivity contribution is -0.122. The second kappa shape index (κ2) is 10.3. The summed E-state index contributed by atoms with van der Waals surface area (Å²) in [7, 11) is 4.10. The zero-order chi connectivity index (χ0) is 13.7. The molecule has 1 fully saturated rings. The smallest absolute Gasteiger partial charge is 0.238 e. The molecule has 21 heavy (non-hydrogen) atoms.